The second-order valence-electron chi connectivity index (χ2n) is 6.02. The molecule has 0 aliphatic heterocycles. The Hall–Kier alpha value is -0.120. The number of nitrogens with zero attached hydrogens (tertiary/aromatic N) is 1. The van der Waals surface area contributed by atoms with Gasteiger partial charge in [-0.05, 0) is 39.0 Å². The van der Waals surface area contributed by atoms with Crippen LogP contribution < -0.4 is 0 Å². The minimum Gasteiger partial charge on any atom is -0.395 e. The minimum atomic E-state index is -0.549. The van der Waals surface area contributed by atoms with Gasteiger partial charge in [-0.15, -0.1) is 0 Å². The average molecular weight is 241 g/mol. The average Bonchev–Trinajstić information content (AvgIpc) is 2.67. The van der Waals surface area contributed by atoms with Gasteiger partial charge in [0.1, 0.15) is 0 Å². The lowest BCUT2D eigenvalue weighted by Crippen LogP contribution is -2.53. The van der Waals surface area contributed by atoms with Crippen molar-refractivity contribution in [3.8, 4) is 0 Å². The van der Waals surface area contributed by atoms with Gasteiger partial charge in [0.2, 0.25) is 0 Å². The highest BCUT2D eigenvalue weighted by atomic mass is 16.3. The van der Waals surface area contributed by atoms with E-state index in [9.17, 15) is 10.2 Å². The summed E-state index contributed by atoms with van der Waals surface area (Å²) in [5.74, 6) is 0. The summed E-state index contributed by atoms with van der Waals surface area (Å²) >= 11 is 0. The molecule has 3 heteroatoms. The van der Waals surface area contributed by atoms with Crippen molar-refractivity contribution in [1.82, 2.24) is 4.90 Å². The molecule has 0 radical (unpaired) electrons. The van der Waals surface area contributed by atoms with E-state index in [1.165, 1.54) is 32.1 Å². The molecule has 2 fully saturated rings. The number of rotatable bonds is 4. The molecule has 2 rings (SSSR count). The van der Waals surface area contributed by atoms with Crippen molar-refractivity contribution in [2.75, 3.05) is 13.2 Å². The predicted molar refractivity (Wildman–Crippen MR) is 68.9 cm³/mol. The maximum atomic E-state index is 10.5. The number of hydrogen-bond donors (Lipinski definition) is 2. The molecule has 0 bridgehead atoms. The molecule has 3 nitrogen and oxygen atoms in total. The topological polar surface area (TPSA) is 43.7 Å². The van der Waals surface area contributed by atoms with Gasteiger partial charge in [-0.2, -0.15) is 0 Å². The van der Waals surface area contributed by atoms with Crippen LogP contribution in [0.2, 0.25) is 0 Å². The standard InChI is InChI=1S/C14H27NO2/c1-14(17)9-5-8-13(14)15(10-11-16)12-6-3-2-4-7-12/h12-13,16-17H,2-11H2,1H3. The lowest BCUT2D eigenvalue weighted by molar-refractivity contribution is -0.0400. The van der Waals surface area contributed by atoms with Crippen molar-refractivity contribution < 1.29 is 10.2 Å². The van der Waals surface area contributed by atoms with Crippen molar-refractivity contribution in [3.05, 3.63) is 0 Å². The molecule has 2 aliphatic carbocycles. The first kappa shape index (κ1) is 13.3. The maximum absolute atomic E-state index is 10.5. The first-order chi connectivity index (χ1) is 8.15. The largest absolute Gasteiger partial charge is 0.395 e. The Balaban J connectivity index is 2.04. The summed E-state index contributed by atoms with van der Waals surface area (Å²) in [6.45, 7) is 2.91. The molecule has 0 spiro atoms. The van der Waals surface area contributed by atoms with Crippen molar-refractivity contribution >= 4 is 0 Å². The molecular formula is C14H27NO2. The fourth-order valence-corrected chi connectivity index (χ4v) is 3.77. The van der Waals surface area contributed by atoms with Crippen LogP contribution in [0.4, 0.5) is 0 Å². The van der Waals surface area contributed by atoms with Gasteiger partial charge in [0.05, 0.1) is 12.2 Å². The molecule has 100 valence electrons. The lowest BCUT2D eigenvalue weighted by atomic mass is 9.90. The van der Waals surface area contributed by atoms with Crippen molar-refractivity contribution in [3.63, 3.8) is 0 Å². The van der Waals surface area contributed by atoms with E-state index in [0.717, 1.165) is 25.8 Å². The maximum Gasteiger partial charge on any atom is 0.0774 e. The Kier molecular flexibility index (Phi) is 4.45. The number of aliphatic hydroxyl groups is 2. The Labute approximate surface area is 105 Å². The third-order valence-electron chi connectivity index (χ3n) is 4.68. The normalized spacial score (nSPS) is 35.6. The third kappa shape index (κ3) is 3.01. The van der Waals surface area contributed by atoms with Crippen LogP contribution in [0.5, 0.6) is 0 Å². The molecule has 2 atom stereocenters. The number of aliphatic hydroxyl groups excluding tert-OH is 1. The van der Waals surface area contributed by atoms with Crippen LogP contribution in [0.25, 0.3) is 0 Å². The first-order valence-corrected chi connectivity index (χ1v) is 7.24. The van der Waals surface area contributed by atoms with Gasteiger partial charge < -0.3 is 10.2 Å². The fraction of sp³-hybridized carbons (Fsp3) is 1.00. The van der Waals surface area contributed by atoms with Gasteiger partial charge in [-0.1, -0.05) is 19.3 Å². The zero-order chi connectivity index (χ0) is 12.3. The summed E-state index contributed by atoms with van der Waals surface area (Å²) in [5, 5.41) is 19.7. The monoisotopic (exact) mass is 241 g/mol. The summed E-state index contributed by atoms with van der Waals surface area (Å²) < 4.78 is 0. The van der Waals surface area contributed by atoms with E-state index in [0.29, 0.717) is 6.04 Å². The van der Waals surface area contributed by atoms with E-state index in [1.807, 2.05) is 6.92 Å². The van der Waals surface area contributed by atoms with Crippen LogP contribution in [0.3, 0.4) is 0 Å². The van der Waals surface area contributed by atoms with E-state index in [4.69, 9.17) is 0 Å². The van der Waals surface area contributed by atoms with Crippen LogP contribution in [0.15, 0.2) is 0 Å². The summed E-state index contributed by atoms with van der Waals surface area (Å²) in [6.07, 6.45) is 9.56. The molecule has 17 heavy (non-hydrogen) atoms. The molecule has 2 N–H and O–H groups in total. The van der Waals surface area contributed by atoms with Gasteiger partial charge >= 0.3 is 0 Å². The van der Waals surface area contributed by atoms with Gasteiger partial charge in [0.25, 0.3) is 0 Å². The second-order valence-corrected chi connectivity index (χ2v) is 6.02. The summed E-state index contributed by atoms with van der Waals surface area (Å²) in [7, 11) is 0. The molecule has 0 aromatic carbocycles. The molecule has 0 aromatic heterocycles. The summed E-state index contributed by atoms with van der Waals surface area (Å²) in [5.41, 5.74) is -0.549. The van der Waals surface area contributed by atoms with Gasteiger partial charge in [-0.3, -0.25) is 4.90 Å². The van der Waals surface area contributed by atoms with Crippen LogP contribution in [-0.4, -0.2) is 45.9 Å². The van der Waals surface area contributed by atoms with Crippen molar-refractivity contribution in [1.29, 1.82) is 0 Å². The van der Waals surface area contributed by atoms with Gasteiger partial charge in [-0.25, -0.2) is 0 Å². The predicted octanol–water partition coefficient (Wildman–Crippen LogP) is 1.92. The molecule has 0 saturated heterocycles. The Bertz CT molecular complexity index is 236. The molecule has 0 amide bonds. The molecule has 2 saturated carbocycles. The van der Waals surface area contributed by atoms with Gasteiger partial charge in [0.15, 0.2) is 0 Å². The zero-order valence-electron chi connectivity index (χ0n) is 11.1. The zero-order valence-corrected chi connectivity index (χ0v) is 11.1. The summed E-state index contributed by atoms with van der Waals surface area (Å²) in [6, 6.07) is 0.850. The van der Waals surface area contributed by atoms with Crippen molar-refractivity contribution in [2.24, 2.45) is 0 Å². The van der Waals surface area contributed by atoms with Crippen molar-refractivity contribution in [2.45, 2.75) is 76.0 Å². The quantitative estimate of drug-likeness (QED) is 0.790. The number of hydrogen-bond acceptors (Lipinski definition) is 3. The first-order valence-electron chi connectivity index (χ1n) is 7.24. The Morgan fingerprint density at radius 3 is 2.35 bits per heavy atom. The van der Waals surface area contributed by atoms with Gasteiger partial charge in [0, 0.05) is 18.6 Å². The molecular weight excluding hydrogens is 214 g/mol. The smallest absolute Gasteiger partial charge is 0.0774 e. The molecule has 2 aliphatic rings. The van der Waals surface area contributed by atoms with E-state index in [1.54, 1.807) is 0 Å². The summed E-state index contributed by atoms with van der Waals surface area (Å²) in [4.78, 5) is 2.41. The Morgan fingerprint density at radius 1 is 1.12 bits per heavy atom. The highest BCUT2D eigenvalue weighted by Gasteiger charge is 2.42. The molecule has 0 aromatic rings. The molecule has 0 heterocycles. The van der Waals surface area contributed by atoms with E-state index >= 15 is 0 Å². The highest BCUT2D eigenvalue weighted by molar-refractivity contribution is 4.97. The molecule has 2 unspecified atom stereocenters. The minimum absolute atomic E-state index is 0.211. The van der Waals surface area contributed by atoms with E-state index < -0.39 is 5.60 Å². The fourth-order valence-electron chi connectivity index (χ4n) is 3.77. The highest BCUT2D eigenvalue weighted by Crippen LogP contribution is 2.36. The van der Waals surface area contributed by atoms with Crippen LogP contribution in [0, 0.1) is 0 Å². The Morgan fingerprint density at radius 2 is 1.82 bits per heavy atom. The SMILES string of the molecule is CC1(O)CCCC1N(CCO)C1CCCCC1. The lowest BCUT2D eigenvalue weighted by Gasteiger charge is -2.42. The van der Waals surface area contributed by atoms with E-state index in [-0.39, 0.29) is 12.6 Å². The van der Waals surface area contributed by atoms with Crippen LogP contribution in [-0.2, 0) is 0 Å². The van der Waals surface area contributed by atoms with Crippen LogP contribution in [0.1, 0.15) is 58.3 Å². The van der Waals surface area contributed by atoms with Crippen LogP contribution >= 0.6 is 0 Å². The van der Waals surface area contributed by atoms with E-state index in [2.05, 4.69) is 4.90 Å². The second kappa shape index (κ2) is 5.68. The third-order valence-corrected chi connectivity index (χ3v) is 4.68.